The standard InChI is InChI=1S/C25H36N4O2/c1-2-31-18-19-9-8-14-29(16-19)17-21-12-6-7-13-23(21)27-25(30)22-15-26-28-24(22)20-10-4-3-5-11-20/h3-5,10-11,15,19,21,23H,2,6-9,12-14,16-18H2,1H3,(H,26,28)(H,27,30)/t19?,21-,23+/m1/s1. The van der Waals surface area contributed by atoms with Crippen molar-refractivity contribution in [2.24, 2.45) is 11.8 Å². The Labute approximate surface area is 185 Å². The normalized spacial score (nSPS) is 24.7. The van der Waals surface area contributed by atoms with Crippen LogP contribution in [0.3, 0.4) is 0 Å². The monoisotopic (exact) mass is 424 g/mol. The Bertz CT molecular complexity index is 822. The summed E-state index contributed by atoms with van der Waals surface area (Å²) in [6.45, 7) is 7.10. The summed E-state index contributed by atoms with van der Waals surface area (Å²) >= 11 is 0. The van der Waals surface area contributed by atoms with Crippen LogP contribution < -0.4 is 5.32 Å². The Balaban J connectivity index is 1.38. The van der Waals surface area contributed by atoms with Crippen molar-refractivity contribution in [1.82, 2.24) is 20.4 Å². The minimum atomic E-state index is -0.0163. The molecule has 1 aliphatic heterocycles. The summed E-state index contributed by atoms with van der Waals surface area (Å²) in [6.07, 6.45) is 8.86. The van der Waals surface area contributed by atoms with Crippen molar-refractivity contribution in [2.75, 3.05) is 32.8 Å². The van der Waals surface area contributed by atoms with Crippen LogP contribution >= 0.6 is 0 Å². The van der Waals surface area contributed by atoms with Crippen LogP contribution in [-0.4, -0.2) is 59.9 Å². The van der Waals surface area contributed by atoms with Crippen LogP contribution in [0.5, 0.6) is 0 Å². The van der Waals surface area contributed by atoms with E-state index < -0.39 is 0 Å². The summed E-state index contributed by atoms with van der Waals surface area (Å²) in [6, 6.07) is 10.2. The number of piperidine rings is 1. The number of rotatable bonds is 8. The summed E-state index contributed by atoms with van der Waals surface area (Å²) in [7, 11) is 0. The van der Waals surface area contributed by atoms with Crippen LogP contribution in [-0.2, 0) is 4.74 Å². The number of nitrogens with zero attached hydrogens (tertiary/aromatic N) is 2. The maximum atomic E-state index is 13.2. The van der Waals surface area contributed by atoms with E-state index in [0.717, 1.165) is 44.0 Å². The molecule has 4 rings (SSSR count). The van der Waals surface area contributed by atoms with Crippen LogP contribution in [0.1, 0.15) is 55.8 Å². The molecule has 1 saturated heterocycles. The summed E-state index contributed by atoms with van der Waals surface area (Å²) in [5, 5.41) is 10.5. The lowest BCUT2D eigenvalue weighted by Gasteiger charge is -2.39. The molecule has 2 N–H and O–H groups in total. The molecule has 2 heterocycles. The van der Waals surface area contributed by atoms with Crippen molar-refractivity contribution in [3.05, 3.63) is 42.1 Å². The van der Waals surface area contributed by atoms with Gasteiger partial charge in [0.05, 0.1) is 24.1 Å². The highest BCUT2D eigenvalue weighted by molar-refractivity contribution is 5.99. The zero-order chi connectivity index (χ0) is 21.5. The van der Waals surface area contributed by atoms with E-state index in [1.54, 1.807) is 6.20 Å². The van der Waals surface area contributed by atoms with Gasteiger partial charge >= 0.3 is 0 Å². The molecule has 0 spiro atoms. The molecule has 1 aliphatic carbocycles. The van der Waals surface area contributed by atoms with Gasteiger partial charge in [-0.15, -0.1) is 0 Å². The molecule has 1 aromatic heterocycles. The molecule has 1 unspecified atom stereocenters. The summed E-state index contributed by atoms with van der Waals surface area (Å²) in [4.78, 5) is 15.8. The third-order valence-corrected chi connectivity index (χ3v) is 6.83. The van der Waals surface area contributed by atoms with Crippen LogP contribution in [0.15, 0.2) is 36.5 Å². The zero-order valence-electron chi connectivity index (χ0n) is 18.7. The predicted octanol–water partition coefficient (Wildman–Crippen LogP) is 4.11. The highest BCUT2D eigenvalue weighted by atomic mass is 16.5. The van der Waals surface area contributed by atoms with E-state index >= 15 is 0 Å². The van der Waals surface area contributed by atoms with Gasteiger partial charge in [0.15, 0.2) is 0 Å². The maximum Gasteiger partial charge on any atom is 0.255 e. The van der Waals surface area contributed by atoms with Gasteiger partial charge in [0.1, 0.15) is 0 Å². The van der Waals surface area contributed by atoms with Crippen molar-refractivity contribution in [3.63, 3.8) is 0 Å². The van der Waals surface area contributed by atoms with Gasteiger partial charge in [-0.3, -0.25) is 9.89 Å². The second-order valence-corrected chi connectivity index (χ2v) is 9.08. The SMILES string of the molecule is CCOCC1CCCN(C[C@H]2CCCC[C@@H]2NC(=O)c2cn[nH]c2-c2ccccc2)C1. The smallest absolute Gasteiger partial charge is 0.255 e. The molecule has 6 heteroatoms. The summed E-state index contributed by atoms with van der Waals surface area (Å²) in [5.41, 5.74) is 2.41. The van der Waals surface area contributed by atoms with Crippen LogP contribution in [0.2, 0.25) is 0 Å². The van der Waals surface area contributed by atoms with E-state index in [1.807, 2.05) is 30.3 Å². The average Bonchev–Trinajstić information content (AvgIpc) is 3.30. The Morgan fingerprint density at radius 1 is 1.19 bits per heavy atom. The van der Waals surface area contributed by atoms with E-state index in [2.05, 4.69) is 27.3 Å². The molecular formula is C25H36N4O2. The lowest BCUT2D eigenvalue weighted by molar-refractivity contribution is 0.0548. The van der Waals surface area contributed by atoms with Crippen LogP contribution in [0.25, 0.3) is 11.3 Å². The molecule has 168 valence electrons. The number of ether oxygens (including phenoxy) is 1. The Morgan fingerprint density at radius 3 is 2.87 bits per heavy atom. The number of H-pyrrole nitrogens is 1. The first-order valence-electron chi connectivity index (χ1n) is 11.9. The number of amides is 1. The van der Waals surface area contributed by atoms with Gasteiger partial charge in [0.25, 0.3) is 5.91 Å². The van der Waals surface area contributed by atoms with Crippen molar-refractivity contribution in [1.29, 1.82) is 0 Å². The zero-order valence-corrected chi connectivity index (χ0v) is 18.7. The first-order chi connectivity index (χ1) is 15.2. The second-order valence-electron chi connectivity index (χ2n) is 9.08. The Morgan fingerprint density at radius 2 is 2.03 bits per heavy atom. The molecule has 1 saturated carbocycles. The number of carbonyl (C=O) groups excluding carboxylic acids is 1. The minimum Gasteiger partial charge on any atom is -0.381 e. The second kappa shape index (κ2) is 10.9. The molecular weight excluding hydrogens is 388 g/mol. The number of hydrogen-bond acceptors (Lipinski definition) is 4. The number of aromatic amines is 1. The molecule has 0 bridgehead atoms. The van der Waals surface area contributed by atoms with E-state index in [0.29, 0.717) is 17.4 Å². The Hall–Kier alpha value is -2.18. The molecule has 31 heavy (non-hydrogen) atoms. The quantitative estimate of drug-likeness (QED) is 0.669. The molecule has 2 aromatic rings. The third-order valence-electron chi connectivity index (χ3n) is 6.83. The van der Waals surface area contributed by atoms with E-state index in [-0.39, 0.29) is 11.9 Å². The number of likely N-dealkylation sites (tertiary alicyclic amines) is 1. The number of nitrogens with one attached hydrogen (secondary N) is 2. The fraction of sp³-hybridized carbons (Fsp3) is 0.600. The molecule has 2 fully saturated rings. The number of aromatic nitrogens is 2. The number of carbonyl (C=O) groups is 1. The third kappa shape index (κ3) is 5.74. The minimum absolute atomic E-state index is 0.0163. The highest BCUT2D eigenvalue weighted by Gasteiger charge is 2.31. The molecule has 2 aliphatic rings. The van der Waals surface area contributed by atoms with Crippen molar-refractivity contribution in [3.8, 4) is 11.3 Å². The molecule has 6 nitrogen and oxygen atoms in total. The van der Waals surface area contributed by atoms with Crippen molar-refractivity contribution < 1.29 is 9.53 Å². The summed E-state index contributed by atoms with van der Waals surface area (Å²) in [5.74, 6) is 1.14. The van der Waals surface area contributed by atoms with Gasteiger partial charge in [-0.1, -0.05) is 43.2 Å². The van der Waals surface area contributed by atoms with Gasteiger partial charge in [-0.25, -0.2) is 0 Å². The lowest BCUT2D eigenvalue weighted by atomic mass is 9.83. The topological polar surface area (TPSA) is 70.2 Å². The average molecular weight is 425 g/mol. The predicted molar refractivity (Wildman–Crippen MR) is 123 cm³/mol. The largest absolute Gasteiger partial charge is 0.381 e. The van der Waals surface area contributed by atoms with Gasteiger partial charge < -0.3 is 15.0 Å². The highest BCUT2D eigenvalue weighted by Crippen LogP contribution is 2.28. The lowest BCUT2D eigenvalue weighted by Crippen LogP contribution is -2.48. The van der Waals surface area contributed by atoms with Gasteiger partial charge in [-0.2, -0.15) is 5.10 Å². The van der Waals surface area contributed by atoms with Gasteiger partial charge in [-0.05, 0) is 51.0 Å². The molecule has 0 radical (unpaired) electrons. The number of benzene rings is 1. The van der Waals surface area contributed by atoms with Crippen LogP contribution in [0, 0.1) is 11.8 Å². The van der Waals surface area contributed by atoms with Gasteiger partial charge in [0, 0.05) is 31.3 Å². The molecule has 3 atom stereocenters. The van der Waals surface area contributed by atoms with Gasteiger partial charge in [0.2, 0.25) is 0 Å². The first-order valence-corrected chi connectivity index (χ1v) is 11.9. The summed E-state index contributed by atoms with van der Waals surface area (Å²) < 4.78 is 5.68. The van der Waals surface area contributed by atoms with Crippen molar-refractivity contribution >= 4 is 5.91 Å². The van der Waals surface area contributed by atoms with E-state index in [4.69, 9.17) is 4.74 Å². The molecule has 1 amide bonds. The molecule has 1 aromatic carbocycles. The maximum absolute atomic E-state index is 13.2. The van der Waals surface area contributed by atoms with E-state index in [9.17, 15) is 4.79 Å². The number of hydrogen-bond donors (Lipinski definition) is 2. The fourth-order valence-corrected chi connectivity index (χ4v) is 5.21. The van der Waals surface area contributed by atoms with Crippen LogP contribution in [0.4, 0.5) is 0 Å². The Kier molecular flexibility index (Phi) is 7.76. The van der Waals surface area contributed by atoms with E-state index in [1.165, 1.54) is 38.6 Å². The first kappa shape index (κ1) is 22.0. The van der Waals surface area contributed by atoms with Crippen molar-refractivity contribution in [2.45, 2.75) is 51.5 Å². The fourth-order valence-electron chi connectivity index (χ4n) is 5.21.